The van der Waals surface area contributed by atoms with Gasteiger partial charge in [0.15, 0.2) is 0 Å². The fraction of sp³-hybridized carbons (Fsp3) is 0.933. The quantitative estimate of drug-likeness (QED) is 0.817. The Kier molecular flexibility index (Phi) is 6.13. The second kappa shape index (κ2) is 6.94. The third-order valence-corrected chi connectivity index (χ3v) is 4.67. The van der Waals surface area contributed by atoms with Gasteiger partial charge in [0.2, 0.25) is 5.91 Å². The highest BCUT2D eigenvalue weighted by atomic mass is 35.5. The predicted octanol–water partition coefficient (Wildman–Crippen LogP) is 2.74. The summed E-state index contributed by atoms with van der Waals surface area (Å²) < 4.78 is 0. The van der Waals surface area contributed by atoms with E-state index in [2.05, 4.69) is 31.4 Å². The summed E-state index contributed by atoms with van der Waals surface area (Å²) in [6.07, 6.45) is 5.79. The van der Waals surface area contributed by atoms with Crippen LogP contribution < -0.4 is 10.6 Å². The summed E-state index contributed by atoms with van der Waals surface area (Å²) in [4.78, 5) is 12.2. The van der Waals surface area contributed by atoms with E-state index in [9.17, 15) is 4.79 Å². The molecule has 2 fully saturated rings. The van der Waals surface area contributed by atoms with Crippen LogP contribution in [-0.2, 0) is 4.79 Å². The molecule has 2 atom stereocenters. The van der Waals surface area contributed by atoms with Crippen molar-refractivity contribution in [3.63, 3.8) is 0 Å². The summed E-state index contributed by atoms with van der Waals surface area (Å²) in [5.41, 5.74) is 0.368. The molecule has 4 heteroatoms. The number of hydrogen-bond donors (Lipinski definition) is 2. The first-order chi connectivity index (χ1) is 8.53. The molecule has 0 aromatic carbocycles. The third kappa shape index (κ3) is 4.35. The van der Waals surface area contributed by atoms with E-state index in [0.29, 0.717) is 23.3 Å². The number of nitrogens with one attached hydrogen (secondary N) is 2. The normalized spacial score (nSPS) is 25.8. The molecule has 0 aromatic rings. The van der Waals surface area contributed by atoms with Gasteiger partial charge in [-0.3, -0.25) is 4.79 Å². The number of hydrogen-bond acceptors (Lipinski definition) is 2. The van der Waals surface area contributed by atoms with Crippen LogP contribution >= 0.6 is 12.4 Å². The summed E-state index contributed by atoms with van der Waals surface area (Å²) in [5, 5.41) is 6.59. The average molecular weight is 289 g/mol. The standard InChI is InChI=1S/C15H28N2O.ClH/c1-11(2)4-5-12(3)17-14(18)13-10-15(13)6-8-16-9-7-15;/h11-13,16H,4-10H2,1-3H3,(H,17,18);1H. The molecule has 1 amide bonds. The van der Waals surface area contributed by atoms with Crippen LogP contribution in [0.2, 0.25) is 0 Å². The molecular formula is C15H29ClN2O. The molecule has 1 saturated heterocycles. The topological polar surface area (TPSA) is 41.1 Å². The second-order valence-electron chi connectivity index (χ2n) is 6.75. The molecule has 1 heterocycles. The van der Waals surface area contributed by atoms with Gasteiger partial charge < -0.3 is 10.6 Å². The fourth-order valence-corrected chi connectivity index (χ4v) is 3.19. The van der Waals surface area contributed by atoms with E-state index in [4.69, 9.17) is 0 Å². The highest BCUT2D eigenvalue weighted by Gasteiger charge is 2.57. The van der Waals surface area contributed by atoms with Gasteiger partial charge in [-0.1, -0.05) is 13.8 Å². The van der Waals surface area contributed by atoms with Gasteiger partial charge in [0.25, 0.3) is 0 Å². The van der Waals surface area contributed by atoms with Crippen molar-refractivity contribution in [3.8, 4) is 0 Å². The van der Waals surface area contributed by atoms with Gasteiger partial charge in [0, 0.05) is 12.0 Å². The van der Waals surface area contributed by atoms with Gasteiger partial charge in [-0.15, -0.1) is 12.4 Å². The van der Waals surface area contributed by atoms with Crippen LogP contribution in [0.15, 0.2) is 0 Å². The Morgan fingerprint density at radius 3 is 2.47 bits per heavy atom. The fourth-order valence-electron chi connectivity index (χ4n) is 3.19. The molecule has 1 aliphatic carbocycles. The first-order valence-electron chi connectivity index (χ1n) is 7.54. The summed E-state index contributed by atoms with van der Waals surface area (Å²) in [7, 11) is 0. The first-order valence-corrected chi connectivity index (χ1v) is 7.54. The van der Waals surface area contributed by atoms with Crippen molar-refractivity contribution in [2.45, 2.75) is 58.9 Å². The summed E-state index contributed by atoms with van der Waals surface area (Å²) >= 11 is 0. The Hall–Kier alpha value is -0.280. The van der Waals surface area contributed by atoms with Crippen LogP contribution in [0.3, 0.4) is 0 Å². The highest BCUT2D eigenvalue weighted by Crippen LogP contribution is 2.58. The predicted molar refractivity (Wildman–Crippen MR) is 81.6 cm³/mol. The Bertz CT molecular complexity index is 301. The maximum atomic E-state index is 12.2. The monoisotopic (exact) mass is 288 g/mol. The van der Waals surface area contributed by atoms with E-state index in [1.54, 1.807) is 0 Å². The molecule has 112 valence electrons. The number of halogens is 1. The zero-order chi connectivity index (χ0) is 13.2. The molecule has 0 aromatic heterocycles. The van der Waals surface area contributed by atoms with E-state index >= 15 is 0 Å². The molecule has 2 N–H and O–H groups in total. The number of carbonyl (C=O) groups excluding carboxylic acids is 1. The minimum atomic E-state index is 0. The van der Waals surface area contributed by atoms with Crippen LogP contribution in [-0.4, -0.2) is 25.0 Å². The van der Waals surface area contributed by atoms with Crippen LogP contribution in [0, 0.1) is 17.3 Å². The van der Waals surface area contributed by atoms with Crippen molar-refractivity contribution >= 4 is 18.3 Å². The Balaban J connectivity index is 0.00000180. The van der Waals surface area contributed by atoms with Crippen molar-refractivity contribution in [2.75, 3.05) is 13.1 Å². The maximum Gasteiger partial charge on any atom is 0.223 e. The van der Waals surface area contributed by atoms with Gasteiger partial charge in [-0.2, -0.15) is 0 Å². The van der Waals surface area contributed by atoms with Crippen molar-refractivity contribution in [1.82, 2.24) is 10.6 Å². The molecule has 2 rings (SSSR count). The van der Waals surface area contributed by atoms with Gasteiger partial charge in [0.05, 0.1) is 0 Å². The zero-order valence-corrected chi connectivity index (χ0v) is 13.3. The average Bonchev–Trinajstić information content (AvgIpc) is 3.01. The highest BCUT2D eigenvalue weighted by molar-refractivity contribution is 5.85. The number of amides is 1. The molecule has 2 unspecified atom stereocenters. The third-order valence-electron chi connectivity index (χ3n) is 4.67. The van der Waals surface area contributed by atoms with Gasteiger partial charge in [-0.05, 0) is 63.5 Å². The van der Waals surface area contributed by atoms with E-state index in [1.807, 2.05) is 0 Å². The minimum absolute atomic E-state index is 0. The Morgan fingerprint density at radius 2 is 1.89 bits per heavy atom. The summed E-state index contributed by atoms with van der Waals surface area (Å²) in [6, 6.07) is 0.333. The molecule has 1 spiro atoms. The van der Waals surface area contributed by atoms with Gasteiger partial charge in [0.1, 0.15) is 0 Å². The lowest BCUT2D eigenvalue weighted by molar-refractivity contribution is -0.123. The van der Waals surface area contributed by atoms with Gasteiger partial charge in [-0.25, -0.2) is 0 Å². The Morgan fingerprint density at radius 1 is 1.26 bits per heavy atom. The number of carbonyl (C=O) groups is 1. The lowest BCUT2D eigenvalue weighted by atomic mass is 9.91. The maximum absolute atomic E-state index is 12.2. The van der Waals surface area contributed by atoms with Crippen LogP contribution in [0.4, 0.5) is 0 Å². The van der Waals surface area contributed by atoms with Crippen molar-refractivity contribution < 1.29 is 4.79 Å². The van der Waals surface area contributed by atoms with Gasteiger partial charge >= 0.3 is 0 Å². The lowest BCUT2D eigenvalue weighted by Gasteiger charge is -2.24. The van der Waals surface area contributed by atoms with Crippen molar-refractivity contribution in [1.29, 1.82) is 0 Å². The molecule has 1 saturated carbocycles. The van der Waals surface area contributed by atoms with E-state index in [-0.39, 0.29) is 12.4 Å². The van der Waals surface area contributed by atoms with Crippen molar-refractivity contribution in [2.24, 2.45) is 17.3 Å². The molecular weight excluding hydrogens is 260 g/mol. The zero-order valence-electron chi connectivity index (χ0n) is 12.5. The van der Waals surface area contributed by atoms with E-state index < -0.39 is 0 Å². The van der Waals surface area contributed by atoms with Crippen LogP contribution in [0.25, 0.3) is 0 Å². The number of piperidine rings is 1. The molecule has 3 nitrogen and oxygen atoms in total. The summed E-state index contributed by atoms with van der Waals surface area (Å²) in [6.45, 7) is 8.79. The molecule has 2 aliphatic rings. The van der Waals surface area contributed by atoms with Crippen LogP contribution in [0.1, 0.15) is 52.9 Å². The van der Waals surface area contributed by atoms with E-state index in [1.165, 1.54) is 19.3 Å². The summed E-state index contributed by atoms with van der Waals surface area (Å²) in [5.74, 6) is 1.34. The lowest BCUT2D eigenvalue weighted by Crippen LogP contribution is -2.37. The first kappa shape index (κ1) is 16.8. The van der Waals surface area contributed by atoms with E-state index in [0.717, 1.165) is 31.8 Å². The molecule has 19 heavy (non-hydrogen) atoms. The molecule has 0 radical (unpaired) electrons. The largest absolute Gasteiger partial charge is 0.353 e. The minimum Gasteiger partial charge on any atom is -0.353 e. The molecule has 1 aliphatic heterocycles. The molecule has 0 bridgehead atoms. The Labute approximate surface area is 123 Å². The smallest absolute Gasteiger partial charge is 0.223 e. The van der Waals surface area contributed by atoms with Crippen LogP contribution in [0.5, 0.6) is 0 Å². The SMILES string of the molecule is CC(C)CCC(C)NC(=O)C1CC12CCNCC2.Cl. The number of rotatable bonds is 5. The second-order valence-corrected chi connectivity index (χ2v) is 6.75. The van der Waals surface area contributed by atoms with Crippen molar-refractivity contribution in [3.05, 3.63) is 0 Å².